The molecule has 0 aliphatic carbocycles. The number of hydrogen-bond acceptors (Lipinski definition) is 3. The Labute approximate surface area is 114 Å². The first-order chi connectivity index (χ1) is 9.13. The van der Waals surface area contributed by atoms with Crippen LogP contribution in [0.5, 0.6) is 0 Å². The third-order valence-electron chi connectivity index (χ3n) is 3.00. The van der Waals surface area contributed by atoms with Crippen molar-refractivity contribution in [1.82, 2.24) is 0 Å². The first-order valence-electron chi connectivity index (χ1n) is 6.52. The van der Waals surface area contributed by atoms with Gasteiger partial charge in [-0.1, -0.05) is 50.1 Å². The highest BCUT2D eigenvalue weighted by molar-refractivity contribution is 7.86. The van der Waals surface area contributed by atoms with Gasteiger partial charge in [-0.2, -0.15) is 8.42 Å². The summed E-state index contributed by atoms with van der Waals surface area (Å²) in [6.45, 7) is 2.32. The van der Waals surface area contributed by atoms with Gasteiger partial charge in [0.25, 0.3) is 10.1 Å². The monoisotopic (exact) mass is 278 g/mol. The fraction of sp³-hybridized carbons (Fsp3) is 0.333. The lowest BCUT2D eigenvalue weighted by molar-refractivity contribution is 0.308. The van der Waals surface area contributed by atoms with E-state index in [1.807, 2.05) is 24.3 Å². The average Bonchev–Trinajstić information content (AvgIpc) is 2.43. The number of hydrogen-bond donors (Lipinski definition) is 0. The zero-order chi connectivity index (χ0) is 13.7. The van der Waals surface area contributed by atoms with Gasteiger partial charge in [-0.25, -0.2) is 0 Å². The Hall–Kier alpha value is -1.39. The zero-order valence-electron chi connectivity index (χ0n) is 11.0. The molecule has 2 aromatic carbocycles. The lowest BCUT2D eigenvalue weighted by atomic mass is 10.1. The summed E-state index contributed by atoms with van der Waals surface area (Å²) in [5, 5.41) is 1.92. The SMILES string of the molecule is CCCCCOS(=O)(=O)c1ccc2ccccc2c1. The molecule has 0 N–H and O–H groups in total. The molecule has 0 aliphatic rings. The van der Waals surface area contributed by atoms with Crippen LogP contribution in [0.25, 0.3) is 10.8 Å². The minimum atomic E-state index is -3.63. The van der Waals surface area contributed by atoms with Crippen molar-refractivity contribution in [2.24, 2.45) is 0 Å². The molecule has 0 heterocycles. The molecule has 0 unspecified atom stereocenters. The van der Waals surface area contributed by atoms with Crippen molar-refractivity contribution in [2.45, 2.75) is 31.1 Å². The molecule has 19 heavy (non-hydrogen) atoms. The van der Waals surface area contributed by atoms with E-state index in [1.54, 1.807) is 18.2 Å². The van der Waals surface area contributed by atoms with Crippen molar-refractivity contribution < 1.29 is 12.6 Å². The van der Waals surface area contributed by atoms with E-state index < -0.39 is 10.1 Å². The molecule has 0 saturated heterocycles. The predicted molar refractivity (Wildman–Crippen MR) is 76.6 cm³/mol. The third kappa shape index (κ3) is 3.55. The van der Waals surface area contributed by atoms with Gasteiger partial charge >= 0.3 is 0 Å². The Morgan fingerprint density at radius 3 is 2.47 bits per heavy atom. The average molecular weight is 278 g/mol. The van der Waals surface area contributed by atoms with Crippen LogP contribution in [-0.4, -0.2) is 15.0 Å². The van der Waals surface area contributed by atoms with Gasteiger partial charge in [0.15, 0.2) is 0 Å². The van der Waals surface area contributed by atoms with E-state index in [9.17, 15) is 8.42 Å². The summed E-state index contributed by atoms with van der Waals surface area (Å²) < 4.78 is 29.1. The second kappa shape index (κ2) is 6.17. The van der Waals surface area contributed by atoms with Crippen molar-refractivity contribution in [3.63, 3.8) is 0 Å². The van der Waals surface area contributed by atoms with Crippen LogP contribution in [0.4, 0.5) is 0 Å². The number of fused-ring (bicyclic) bond motifs is 1. The van der Waals surface area contributed by atoms with Gasteiger partial charge < -0.3 is 0 Å². The fourth-order valence-electron chi connectivity index (χ4n) is 1.91. The maximum Gasteiger partial charge on any atom is 0.296 e. The quantitative estimate of drug-likeness (QED) is 0.597. The molecule has 0 bridgehead atoms. The molecular weight excluding hydrogens is 260 g/mol. The topological polar surface area (TPSA) is 43.4 Å². The van der Waals surface area contributed by atoms with E-state index in [1.165, 1.54) is 0 Å². The zero-order valence-corrected chi connectivity index (χ0v) is 11.8. The van der Waals surface area contributed by atoms with Crippen molar-refractivity contribution in [3.05, 3.63) is 42.5 Å². The van der Waals surface area contributed by atoms with Crippen molar-refractivity contribution in [1.29, 1.82) is 0 Å². The van der Waals surface area contributed by atoms with Gasteiger partial charge in [-0.05, 0) is 29.3 Å². The second-order valence-corrected chi connectivity index (χ2v) is 6.11. The lowest BCUT2D eigenvalue weighted by Gasteiger charge is -2.06. The lowest BCUT2D eigenvalue weighted by Crippen LogP contribution is -2.07. The standard InChI is InChI=1S/C15H18O3S/c1-2-3-6-11-18-19(16,17)15-10-9-13-7-4-5-8-14(13)12-15/h4-5,7-10,12H,2-3,6,11H2,1H3. The van der Waals surface area contributed by atoms with E-state index in [4.69, 9.17) is 4.18 Å². The van der Waals surface area contributed by atoms with Crippen LogP contribution >= 0.6 is 0 Å². The van der Waals surface area contributed by atoms with Gasteiger partial charge in [0.2, 0.25) is 0 Å². The summed E-state index contributed by atoms with van der Waals surface area (Å²) in [4.78, 5) is 0.225. The number of unbranched alkanes of at least 4 members (excludes halogenated alkanes) is 2. The minimum absolute atomic E-state index is 0.225. The van der Waals surface area contributed by atoms with Crippen LogP contribution in [0.3, 0.4) is 0 Å². The Morgan fingerprint density at radius 2 is 1.74 bits per heavy atom. The van der Waals surface area contributed by atoms with Gasteiger partial charge in [-0.3, -0.25) is 4.18 Å². The summed E-state index contributed by atoms with van der Waals surface area (Å²) in [6.07, 6.45) is 2.79. The summed E-state index contributed by atoms with van der Waals surface area (Å²) in [5.41, 5.74) is 0. The number of benzene rings is 2. The van der Waals surface area contributed by atoms with E-state index >= 15 is 0 Å². The smallest absolute Gasteiger partial charge is 0.266 e. The molecular formula is C15H18O3S. The number of rotatable bonds is 6. The summed E-state index contributed by atoms with van der Waals surface area (Å²) in [6, 6.07) is 12.7. The highest BCUT2D eigenvalue weighted by Gasteiger charge is 2.15. The molecule has 0 saturated carbocycles. The van der Waals surface area contributed by atoms with E-state index in [0.717, 1.165) is 30.0 Å². The molecule has 0 aromatic heterocycles. The van der Waals surface area contributed by atoms with Crippen LogP contribution < -0.4 is 0 Å². The Balaban J connectivity index is 2.18. The normalized spacial score (nSPS) is 11.8. The fourth-order valence-corrected chi connectivity index (χ4v) is 2.89. The Bertz CT molecular complexity index is 647. The molecule has 0 spiro atoms. The summed E-state index contributed by atoms with van der Waals surface area (Å²) in [5.74, 6) is 0. The molecule has 0 fully saturated rings. The van der Waals surface area contributed by atoms with Gasteiger partial charge in [0.05, 0.1) is 11.5 Å². The first kappa shape index (κ1) is 14.0. The largest absolute Gasteiger partial charge is 0.296 e. The Kier molecular flexibility index (Phi) is 4.56. The van der Waals surface area contributed by atoms with Gasteiger partial charge in [-0.15, -0.1) is 0 Å². The molecule has 102 valence electrons. The summed E-state index contributed by atoms with van der Waals surface area (Å²) >= 11 is 0. The van der Waals surface area contributed by atoms with Crippen molar-refractivity contribution in [3.8, 4) is 0 Å². The Morgan fingerprint density at radius 1 is 1.00 bits per heavy atom. The first-order valence-corrected chi connectivity index (χ1v) is 7.92. The summed E-state index contributed by atoms with van der Waals surface area (Å²) in [7, 11) is -3.63. The van der Waals surface area contributed by atoms with E-state index in [0.29, 0.717) is 0 Å². The van der Waals surface area contributed by atoms with Crippen LogP contribution in [-0.2, 0) is 14.3 Å². The molecule has 0 radical (unpaired) electrons. The maximum absolute atomic E-state index is 12.0. The van der Waals surface area contributed by atoms with Crippen molar-refractivity contribution >= 4 is 20.9 Å². The second-order valence-electron chi connectivity index (χ2n) is 4.49. The highest BCUT2D eigenvalue weighted by atomic mass is 32.2. The maximum atomic E-state index is 12.0. The van der Waals surface area contributed by atoms with E-state index in [2.05, 4.69) is 6.92 Å². The highest BCUT2D eigenvalue weighted by Crippen LogP contribution is 2.20. The minimum Gasteiger partial charge on any atom is -0.266 e. The molecule has 2 aromatic rings. The molecule has 0 atom stereocenters. The van der Waals surface area contributed by atoms with Gasteiger partial charge in [0, 0.05) is 0 Å². The molecule has 0 aliphatic heterocycles. The molecule has 4 heteroatoms. The predicted octanol–water partition coefficient (Wildman–Crippen LogP) is 3.74. The van der Waals surface area contributed by atoms with Crippen LogP contribution in [0.1, 0.15) is 26.2 Å². The third-order valence-corrected chi connectivity index (χ3v) is 4.30. The van der Waals surface area contributed by atoms with Gasteiger partial charge in [0.1, 0.15) is 0 Å². The van der Waals surface area contributed by atoms with Crippen molar-refractivity contribution in [2.75, 3.05) is 6.61 Å². The van der Waals surface area contributed by atoms with Crippen LogP contribution in [0.2, 0.25) is 0 Å². The molecule has 2 rings (SSSR count). The van der Waals surface area contributed by atoms with Crippen LogP contribution in [0, 0.1) is 0 Å². The van der Waals surface area contributed by atoms with E-state index in [-0.39, 0.29) is 11.5 Å². The molecule has 0 amide bonds. The molecule has 3 nitrogen and oxygen atoms in total. The van der Waals surface area contributed by atoms with Crippen LogP contribution in [0.15, 0.2) is 47.4 Å².